The minimum absolute atomic E-state index is 0.0269. The number of halogens is 2. The first kappa shape index (κ1) is 25.7. The summed E-state index contributed by atoms with van der Waals surface area (Å²) in [4.78, 5) is 23.8. The number of piperidine rings is 1. The van der Waals surface area contributed by atoms with E-state index in [4.69, 9.17) is 27.9 Å². The molecule has 33 heavy (non-hydrogen) atoms. The molecule has 1 saturated heterocycles. The molecule has 2 aromatic rings. The molecular weight excluding hydrogens is 481 g/mol. The average Bonchev–Trinajstić information content (AvgIpc) is 2.78. The summed E-state index contributed by atoms with van der Waals surface area (Å²) in [6, 6.07) is 7.69. The Kier molecular flexibility index (Phi) is 8.95. The Morgan fingerprint density at radius 3 is 2.76 bits per heavy atom. The quantitative estimate of drug-likeness (QED) is 0.469. The summed E-state index contributed by atoms with van der Waals surface area (Å²) in [5.74, 6) is 1.39. The minimum atomic E-state index is -0.0852. The number of methoxy groups -OCH3 is 1. The van der Waals surface area contributed by atoms with E-state index in [2.05, 4.69) is 45.7 Å². The number of rotatable bonds is 8. The summed E-state index contributed by atoms with van der Waals surface area (Å²) in [6.07, 6.45) is 2.50. The zero-order valence-corrected chi connectivity index (χ0v) is 21.8. The molecule has 1 atom stereocenters. The molecule has 1 aromatic carbocycles. The lowest BCUT2D eigenvalue weighted by atomic mass is 9.97. The predicted molar refractivity (Wildman–Crippen MR) is 138 cm³/mol. The maximum absolute atomic E-state index is 12.7. The molecule has 0 bridgehead atoms. The maximum atomic E-state index is 12.7. The Morgan fingerprint density at radius 1 is 1.27 bits per heavy atom. The third-order valence-corrected chi connectivity index (χ3v) is 6.67. The lowest BCUT2D eigenvalue weighted by Gasteiger charge is -2.33. The number of nitrogens with one attached hydrogen (secondary N) is 2. The fourth-order valence-corrected chi connectivity index (χ4v) is 4.57. The van der Waals surface area contributed by atoms with E-state index in [1.165, 1.54) is 11.9 Å². The Balaban J connectivity index is 1.65. The lowest BCUT2D eigenvalue weighted by molar-refractivity contribution is -0.123. The van der Waals surface area contributed by atoms with E-state index in [0.29, 0.717) is 29.0 Å². The van der Waals surface area contributed by atoms with Crippen molar-refractivity contribution in [1.29, 1.82) is 0 Å². The van der Waals surface area contributed by atoms with Crippen molar-refractivity contribution in [3.63, 3.8) is 0 Å². The molecule has 0 spiro atoms. The van der Waals surface area contributed by atoms with Gasteiger partial charge in [-0.1, -0.05) is 29.3 Å². The maximum Gasteiger partial charge on any atom is 0.320 e. The second kappa shape index (κ2) is 11.5. The van der Waals surface area contributed by atoms with Gasteiger partial charge >= 0.3 is 6.01 Å². The van der Waals surface area contributed by atoms with Crippen molar-refractivity contribution in [1.82, 2.24) is 14.7 Å². The van der Waals surface area contributed by atoms with Gasteiger partial charge in [0.05, 0.1) is 13.0 Å². The van der Waals surface area contributed by atoms with Gasteiger partial charge in [-0.2, -0.15) is 9.97 Å². The molecule has 7 nitrogen and oxygen atoms in total. The highest BCUT2D eigenvalue weighted by Gasteiger charge is 2.28. The van der Waals surface area contributed by atoms with Gasteiger partial charge in [0.25, 0.3) is 0 Å². The minimum Gasteiger partial charge on any atom is -0.467 e. The van der Waals surface area contributed by atoms with Crippen LogP contribution in [0.3, 0.4) is 0 Å². The number of benzene rings is 1. The lowest BCUT2D eigenvalue weighted by Crippen LogP contribution is -2.42. The smallest absolute Gasteiger partial charge is 0.320 e. The molecule has 0 saturated carbocycles. The molecular formula is C23H31Cl2N5O2S. The fourth-order valence-electron chi connectivity index (χ4n) is 3.49. The van der Waals surface area contributed by atoms with Crippen molar-refractivity contribution in [2.24, 2.45) is 5.92 Å². The van der Waals surface area contributed by atoms with Crippen LogP contribution in [0.5, 0.6) is 6.01 Å². The Labute approximate surface area is 210 Å². The summed E-state index contributed by atoms with van der Waals surface area (Å²) < 4.78 is 8.31. The van der Waals surface area contributed by atoms with E-state index in [1.54, 1.807) is 13.2 Å². The molecule has 1 unspecified atom stereocenters. The van der Waals surface area contributed by atoms with Gasteiger partial charge in [0, 0.05) is 40.5 Å². The van der Waals surface area contributed by atoms with Crippen LogP contribution in [0, 0.1) is 5.92 Å². The number of hydrogen-bond donors (Lipinski definition) is 2. The highest BCUT2D eigenvalue weighted by Crippen LogP contribution is 2.27. The first-order valence-corrected chi connectivity index (χ1v) is 12.6. The molecule has 1 fully saturated rings. The van der Waals surface area contributed by atoms with Crippen LogP contribution in [-0.2, 0) is 11.2 Å². The van der Waals surface area contributed by atoms with Crippen molar-refractivity contribution >= 4 is 52.7 Å². The van der Waals surface area contributed by atoms with Crippen LogP contribution in [0.2, 0.25) is 10.0 Å². The number of hydrogen-bond acceptors (Lipinski definition) is 7. The monoisotopic (exact) mass is 511 g/mol. The fraction of sp³-hybridized carbons (Fsp3) is 0.522. The van der Waals surface area contributed by atoms with Gasteiger partial charge in [0.1, 0.15) is 11.6 Å². The number of amides is 1. The number of ether oxygens (including phenoxy) is 1. The van der Waals surface area contributed by atoms with Crippen LogP contribution in [0.1, 0.15) is 39.2 Å². The number of carbonyl (C=O) groups is 1. The molecule has 1 aromatic heterocycles. The summed E-state index contributed by atoms with van der Waals surface area (Å²) >= 11 is 13.7. The molecule has 2 N–H and O–H groups in total. The Hall–Kier alpha value is -1.90. The van der Waals surface area contributed by atoms with Crippen LogP contribution in [0.4, 0.5) is 11.6 Å². The van der Waals surface area contributed by atoms with Crippen molar-refractivity contribution < 1.29 is 9.53 Å². The van der Waals surface area contributed by atoms with Gasteiger partial charge in [-0.05, 0) is 69.7 Å². The summed E-state index contributed by atoms with van der Waals surface area (Å²) in [5.41, 5.74) is 1.01. The van der Waals surface area contributed by atoms with E-state index >= 15 is 0 Å². The van der Waals surface area contributed by atoms with Crippen LogP contribution in [0.25, 0.3) is 0 Å². The topological polar surface area (TPSA) is 79.4 Å². The van der Waals surface area contributed by atoms with Gasteiger partial charge in [0.15, 0.2) is 0 Å². The largest absolute Gasteiger partial charge is 0.467 e. The molecule has 3 rings (SSSR count). The zero-order valence-electron chi connectivity index (χ0n) is 19.5. The normalized spacial score (nSPS) is 16.4. The number of aromatic nitrogens is 2. The van der Waals surface area contributed by atoms with Crippen molar-refractivity contribution in [2.75, 3.05) is 37.0 Å². The number of anilines is 2. The van der Waals surface area contributed by atoms with Gasteiger partial charge in [-0.15, -0.1) is 0 Å². The molecule has 0 aliphatic carbocycles. The Morgan fingerprint density at radius 2 is 2.06 bits per heavy atom. The van der Waals surface area contributed by atoms with Crippen molar-refractivity contribution in [2.45, 2.75) is 44.8 Å². The van der Waals surface area contributed by atoms with Crippen LogP contribution < -0.4 is 19.7 Å². The standard InChI is InChI=1S/C23H31Cl2N5O2S/c1-23(2,3)33-29-21(31)16-6-5-11-30(14-16)20-13-19(27-22(28-20)32-4)26-10-9-15-7-8-17(24)12-18(15)25/h7-8,12-13,16H,5-6,9-11,14H2,1-4H3,(H,29,31)(H,26,27,28). The molecule has 2 heterocycles. The Bertz CT molecular complexity index is 970. The van der Waals surface area contributed by atoms with E-state index in [0.717, 1.165) is 37.2 Å². The first-order valence-electron chi connectivity index (χ1n) is 11.0. The van der Waals surface area contributed by atoms with Crippen LogP contribution in [-0.4, -0.2) is 47.4 Å². The molecule has 180 valence electrons. The van der Waals surface area contributed by atoms with Crippen LogP contribution >= 0.6 is 35.1 Å². The first-order chi connectivity index (χ1) is 15.6. The van der Waals surface area contributed by atoms with E-state index in [9.17, 15) is 4.79 Å². The number of nitrogens with zero attached hydrogens (tertiary/aromatic N) is 3. The molecule has 1 aliphatic heterocycles. The second-order valence-electron chi connectivity index (χ2n) is 8.98. The summed E-state index contributed by atoms with van der Waals surface area (Å²) in [7, 11) is 1.55. The van der Waals surface area contributed by atoms with E-state index < -0.39 is 0 Å². The molecule has 10 heteroatoms. The highest BCUT2D eigenvalue weighted by molar-refractivity contribution is 7.99. The van der Waals surface area contributed by atoms with Gasteiger partial charge < -0.3 is 15.0 Å². The van der Waals surface area contributed by atoms with Crippen molar-refractivity contribution in [3.05, 3.63) is 39.9 Å². The summed E-state index contributed by atoms with van der Waals surface area (Å²) in [5, 5.41) is 4.59. The van der Waals surface area contributed by atoms with E-state index in [1.807, 2.05) is 18.2 Å². The predicted octanol–water partition coefficient (Wildman–Crippen LogP) is 5.23. The molecule has 1 aliphatic rings. The third kappa shape index (κ3) is 7.83. The van der Waals surface area contributed by atoms with Crippen LogP contribution in [0.15, 0.2) is 24.3 Å². The SMILES string of the molecule is COc1nc(NCCc2ccc(Cl)cc2Cl)cc(N2CCCC(C(=O)NSC(C)(C)C)C2)n1. The van der Waals surface area contributed by atoms with Crippen molar-refractivity contribution in [3.8, 4) is 6.01 Å². The third-order valence-electron chi connectivity index (χ3n) is 5.16. The highest BCUT2D eigenvalue weighted by atomic mass is 35.5. The van der Waals surface area contributed by atoms with E-state index in [-0.39, 0.29) is 22.6 Å². The van der Waals surface area contributed by atoms with Gasteiger partial charge in [0.2, 0.25) is 5.91 Å². The molecule has 0 radical (unpaired) electrons. The average molecular weight is 513 g/mol. The zero-order chi connectivity index (χ0) is 24.0. The molecule has 1 amide bonds. The van der Waals surface area contributed by atoms with Gasteiger partial charge in [-0.25, -0.2) is 0 Å². The summed E-state index contributed by atoms with van der Waals surface area (Å²) in [6.45, 7) is 8.30. The second-order valence-corrected chi connectivity index (χ2v) is 11.5. The van der Waals surface area contributed by atoms with Gasteiger partial charge in [-0.3, -0.25) is 9.52 Å². The number of carbonyl (C=O) groups excluding carboxylic acids is 1.